The van der Waals surface area contributed by atoms with Crippen LogP contribution in [0.4, 0.5) is 20.2 Å². The summed E-state index contributed by atoms with van der Waals surface area (Å²) in [6.07, 6.45) is 0. The molecule has 3 N–H and O–H groups in total. The minimum atomic E-state index is -4.15. The van der Waals surface area contributed by atoms with Gasteiger partial charge in [0.25, 0.3) is 10.0 Å². The Labute approximate surface area is 129 Å². The molecule has 0 heterocycles. The van der Waals surface area contributed by atoms with Crippen LogP contribution in [0.5, 0.6) is 0 Å². The maximum Gasteiger partial charge on any atom is 0.262 e. The predicted molar refractivity (Wildman–Crippen MR) is 78.0 cm³/mol. The van der Waals surface area contributed by atoms with E-state index in [0.717, 1.165) is 12.1 Å². The molecule has 0 atom stereocenters. The summed E-state index contributed by atoms with van der Waals surface area (Å²) in [5.41, 5.74) is 5.01. The third kappa shape index (κ3) is 3.37. The second-order valence-electron chi connectivity index (χ2n) is 4.03. The van der Waals surface area contributed by atoms with Crippen molar-refractivity contribution in [2.75, 3.05) is 10.5 Å². The summed E-state index contributed by atoms with van der Waals surface area (Å²) in [5, 5.41) is -0.224. The van der Waals surface area contributed by atoms with Gasteiger partial charge in [-0.15, -0.1) is 0 Å². The van der Waals surface area contributed by atoms with Crippen LogP contribution in [0.1, 0.15) is 0 Å². The predicted octanol–water partition coefficient (Wildman–Crippen LogP) is 3.65. The number of nitrogen functional groups attached to an aromatic ring is 1. The number of nitrogens with one attached hydrogen (secondary N) is 1. The molecule has 0 spiro atoms. The van der Waals surface area contributed by atoms with Gasteiger partial charge in [-0.1, -0.05) is 23.2 Å². The minimum Gasteiger partial charge on any atom is -0.397 e. The lowest BCUT2D eigenvalue weighted by Crippen LogP contribution is -2.15. The summed E-state index contributed by atoms with van der Waals surface area (Å²) in [7, 11) is -4.15. The van der Waals surface area contributed by atoms with Crippen LogP contribution in [0.2, 0.25) is 10.0 Å². The average molecular weight is 353 g/mol. The third-order valence-corrected chi connectivity index (χ3v) is 4.51. The van der Waals surface area contributed by atoms with Gasteiger partial charge in [-0.2, -0.15) is 0 Å². The van der Waals surface area contributed by atoms with Crippen molar-refractivity contribution in [3.63, 3.8) is 0 Å². The van der Waals surface area contributed by atoms with Crippen molar-refractivity contribution in [2.24, 2.45) is 0 Å². The highest BCUT2D eigenvalue weighted by Crippen LogP contribution is 2.30. The highest BCUT2D eigenvalue weighted by Gasteiger charge is 2.20. The van der Waals surface area contributed by atoms with Crippen LogP contribution < -0.4 is 10.5 Å². The number of anilines is 2. The zero-order chi connectivity index (χ0) is 15.8. The zero-order valence-electron chi connectivity index (χ0n) is 10.2. The first-order chi connectivity index (χ1) is 9.70. The van der Waals surface area contributed by atoms with Gasteiger partial charge in [0.15, 0.2) is 5.82 Å². The van der Waals surface area contributed by atoms with E-state index in [1.807, 2.05) is 4.72 Å². The Bertz CT molecular complexity index is 790. The minimum absolute atomic E-state index is 0.0465. The molecular formula is C12H8Cl2F2N2O2S. The van der Waals surface area contributed by atoms with Crippen molar-refractivity contribution in [3.05, 3.63) is 52.0 Å². The van der Waals surface area contributed by atoms with E-state index in [4.69, 9.17) is 28.9 Å². The van der Waals surface area contributed by atoms with Crippen LogP contribution in [0, 0.1) is 11.6 Å². The molecule has 0 saturated heterocycles. The van der Waals surface area contributed by atoms with Gasteiger partial charge in [0, 0.05) is 6.07 Å². The first-order valence-corrected chi connectivity index (χ1v) is 7.67. The number of sulfonamides is 1. The van der Waals surface area contributed by atoms with Crippen molar-refractivity contribution in [2.45, 2.75) is 4.90 Å². The molecule has 21 heavy (non-hydrogen) atoms. The SMILES string of the molecule is Nc1cc(S(=O)(=O)Nc2c(F)cc(F)cc2Cl)ccc1Cl. The summed E-state index contributed by atoms with van der Waals surface area (Å²) < 4.78 is 52.7. The highest BCUT2D eigenvalue weighted by molar-refractivity contribution is 7.92. The standard InChI is InChI=1S/C12H8Cl2F2N2O2S/c13-8-2-1-7(5-11(8)17)21(19,20)18-12-9(14)3-6(15)4-10(12)16/h1-5,18H,17H2. The average Bonchev–Trinajstić information content (AvgIpc) is 2.37. The molecule has 112 valence electrons. The maximum atomic E-state index is 13.6. The van der Waals surface area contributed by atoms with Crippen molar-refractivity contribution in [1.29, 1.82) is 0 Å². The number of benzene rings is 2. The summed E-state index contributed by atoms with van der Waals surface area (Å²) in [6.45, 7) is 0. The zero-order valence-corrected chi connectivity index (χ0v) is 12.5. The maximum absolute atomic E-state index is 13.6. The van der Waals surface area contributed by atoms with Crippen molar-refractivity contribution in [1.82, 2.24) is 0 Å². The van der Waals surface area contributed by atoms with Crippen LogP contribution in [-0.4, -0.2) is 8.42 Å². The van der Waals surface area contributed by atoms with Gasteiger partial charge in [0.1, 0.15) is 11.5 Å². The van der Waals surface area contributed by atoms with Gasteiger partial charge >= 0.3 is 0 Å². The normalized spacial score (nSPS) is 11.4. The van der Waals surface area contributed by atoms with E-state index in [0.29, 0.717) is 6.07 Å². The van der Waals surface area contributed by atoms with Gasteiger partial charge in [0.05, 0.1) is 20.6 Å². The fourth-order valence-electron chi connectivity index (χ4n) is 1.52. The van der Waals surface area contributed by atoms with E-state index in [1.54, 1.807) is 0 Å². The molecule has 0 aromatic heterocycles. The lowest BCUT2D eigenvalue weighted by atomic mass is 10.3. The molecule has 0 aliphatic carbocycles. The number of halogens is 4. The highest BCUT2D eigenvalue weighted by atomic mass is 35.5. The Morgan fingerprint density at radius 1 is 1.05 bits per heavy atom. The lowest BCUT2D eigenvalue weighted by Gasteiger charge is -2.11. The number of nitrogens with two attached hydrogens (primary N) is 1. The smallest absolute Gasteiger partial charge is 0.262 e. The van der Waals surface area contributed by atoms with E-state index in [1.165, 1.54) is 12.1 Å². The molecular weight excluding hydrogens is 345 g/mol. The first-order valence-electron chi connectivity index (χ1n) is 5.43. The fourth-order valence-corrected chi connectivity index (χ4v) is 3.06. The Morgan fingerprint density at radius 3 is 2.29 bits per heavy atom. The van der Waals surface area contributed by atoms with Crippen molar-refractivity contribution < 1.29 is 17.2 Å². The molecule has 0 aliphatic rings. The number of hydrogen-bond donors (Lipinski definition) is 2. The van der Waals surface area contributed by atoms with E-state index < -0.39 is 32.4 Å². The summed E-state index contributed by atoms with van der Waals surface area (Å²) >= 11 is 11.3. The molecule has 0 unspecified atom stereocenters. The van der Waals surface area contributed by atoms with E-state index in [9.17, 15) is 17.2 Å². The van der Waals surface area contributed by atoms with Gasteiger partial charge in [-0.05, 0) is 24.3 Å². The molecule has 2 aromatic rings. The van der Waals surface area contributed by atoms with Gasteiger partial charge in [-0.3, -0.25) is 4.72 Å². The second kappa shape index (κ2) is 5.67. The number of hydrogen-bond acceptors (Lipinski definition) is 3. The molecule has 0 aliphatic heterocycles. The van der Waals surface area contributed by atoms with Crippen LogP contribution in [0.15, 0.2) is 35.2 Å². The van der Waals surface area contributed by atoms with Crippen LogP contribution in [0.25, 0.3) is 0 Å². The molecule has 2 rings (SSSR count). The molecule has 2 aromatic carbocycles. The molecule has 9 heteroatoms. The van der Waals surface area contributed by atoms with Crippen molar-refractivity contribution >= 4 is 44.6 Å². The molecule has 0 bridgehead atoms. The molecule has 0 saturated carbocycles. The summed E-state index contributed by atoms with van der Waals surface area (Å²) in [6, 6.07) is 4.89. The monoisotopic (exact) mass is 352 g/mol. The number of rotatable bonds is 3. The third-order valence-electron chi connectivity index (χ3n) is 2.52. The van der Waals surface area contributed by atoms with Crippen LogP contribution in [-0.2, 0) is 10.0 Å². The van der Waals surface area contributed by atoms with Crippen molar-refractivity contribution in [3.8, 4) is 0 Å². The quantitative estimate of drug-likeness (QED) is 0.828. The Hall–Kier alpha value is -1.57. The summed E-state index contributed by atoms with van der Waals surface area (Å²) in [5.74, 6) is -2.05. The molecule has 0 fully saturated rings. The van der Waals surface area contributed by atoms with Gasteiger partial charge in [-0.25, -0.2) is 17.2 Å². The largest absolute Gasteiger partial charge is 0.397 e. The fraction of sp³-hybridized carbons (Fsp3) is 0. The van der Waals surface area contributed by atoms with E-state index in [2.05, 4.69) is 0 Å². The molecule has 0 radical (unpaired) electrons. The lowest BCUT2D eigenvalue weighted by molar-refractivity contribution is 0.583. The molecule has 4 nitrogen and oxygen atoms in total. The topological polar surface area (TPSA) is 72.2 Å². The molecule has 0 amide bonds. The Kier molecular flexibility index (Phi) is 4.27. The van der Waals surface area contributed by atoms with E-state index in [-0.39, 0.29) is 15.6 Å². The van der Waals surface area contributed by atoms with Gasteiger partial charge in [0.2, 0.25) is 0 Å². The van der Waals surface area contributed by atoms with Crippen LogP contribution in [0.3, 0.4) is 0 Å². The van der Waals surface area contributed by atoms with Crippen LogP contribution >= 0.6 is 23.2 Å². The second-order valence-corrected chi connectivity index (χ2v) is 6.53. The van der Waals surface area contributed by atoms with E-state index >= 15 is 0 Å². The first kappa shape index (κ1) is 15.8. The Morgan fingerprint density at radius 2 is 1.71 bits per heavy atom. The van der Waals surface area contributed by atoms with Gasteiger partial charge < -0.3 is 5.73 Å². The Balaban J connectivity index is 2.44. The summed E-state index contributed by atoms with van der Waals surface area (Å²) in [4.78, 5) is -0.232.